The number of nitriles is 1. The molecule has 0 aromatic carbocycles. The Kier molecular flexibility index (Phi) is 6.62. The Morgan fingerprint density at radius 2 is 1.88 bits per heavy atom. The Hall–Kier alpha value is -2.07. The lowest BCUT2D eigenvalue weighted by Gasteiger charge is -2.35. The number of piperidine rings is 2. The number of rotatable bonds is 5. The fourth-order valence-corrected chi connectivity index (χ4v) is 3.45. The number of carbonyl (C=O) groups is 2. The van der Waals surface area contributed by atoms with Crippen LogP contribution < -0.4 is 0 Å². The number of nitrogens with zero attached hydrogens (tertiary/aromatic N) is 3. The molecule has 0 aromatic rings. The van der Waals surface area contributed by atoms with Crippen LogP contribution in [0.1, 0.15) is 38.5 Å². The number of carboxylic acid groups (broad SMARTS) is 1. The van der Waals surface area contributed by atoms with E-state index in [1.165, 1.54) is 0 Å². The fourth-order valence-electron chi connectivity index (χ4n) is 3.45. The van der Waals surface area contributed by atoms with Gasteiger partial charge in [0.2, 0.25) is 0 Å². The molecule has 0 aliphatic carbocycles. The number of hydrogen-bond acceptors (Lipinski definition) is 5. The molecule has 1 unspecified atom stereocenters. The SMILES string of the molecule is N#C/C(=C/N1CCCCC1CCO)C(=O)N1CCC(C(=O)O)CC1. The molecule has 2 aliphatic heterocycles. The average molecular weight is 335 g/mol. The van der Waals surface area contributed by atoms with E-state index in [0.29, 0.717) is 32.4 Å². The Morgan fingerprint density at radius 3 is 2.46 bits per heavy atom. The number of amides is 1. The summed E-state index contributed by atoms with van der Waals surface area (Å²) in [6.45, 7) is 1.61. The first-order chi connectivity index (χ1) is 11.6. The summed E-state index contributed by atoms with van der Waals surface area (Å²) in [7, 11) is 0. The predicted molar refractivity (Wildman–Crippen MR) is 86.7 cm³/mol. The standard InChI is InChI=1S/C17H25N3O4/c18-11-14(12-20-7-2-1-3-15(20)6-10-21)16(22)19-8-4-13(5-9-19)17(23)24/h12-13,15,21H,1-10H2,(H,23,24)/b14-12-. The molecule has 2 rings (SSSR count). The van der Waals surface area contributed by atoms with Crippen molar-refractivity contribution in [3.8, 4) is 6.07 Å². The third-order valence-corrected chi connectivity index (χ3v) is 4.91. The summed E-state index contributed by atoms with van der Waals surface area (Å²) >= 11 is 0. The molecule has 1 atom stereocenters. The highest BCUT2D eigenvalue weighted by atomic mass is 16.4. The molecule has 2 saturated heterocycles. The van der Waals surface area contributed by atoms with Crippen LogP contribution in [0, 0.1) is 17.2 Å². The quantitative estimate of drug-likeness (QED) is 0.572. The van der Waals surface area contributed by atoms with Gasteiger partial charge in [0.05, 0.1) is 5.92 Å². The summed E-state index contributed by atoms with van der Waals surface area (Å²) in [5.74, 6) is -1.55. The zero-order valence-electron chi connectivity index (χ0n) is 13.9. The molecule has 2 N–H and O–H groups in total. The normalized spacial score (nSPS) is 23.0. The molecule has 2 heterocycles. The van der Waals surface area contributed by atoms with Crippen LogP contribution in [0.5, 0.6) is 0 Å². The summed E-state index contributed by atoms with van der Waals surface area (Å²) in [5, 5.41) is 27.6. The molecule has 0 spiro atoms. The van der Waals surface area contributed by atoms with E-state index in [4.69, 9.17) is 5.11 Å². The number of aliphatic carboxylic acids is 1. The van der Waals surface area contributed by atoms with Crippen molar-refractivity contribution in [3.05, 3.63) is 11.8 Å². The Balaban J connectivity index is 2.03. The number of likely N-dealkylation sites (tertiary alicyclic amines) is 2. The van der Waals surface area contributed by atoms with E-state index in [-0.39, 0.29) is 24.1 Å². The smallest absolute Gasteiger partial charge is 0.306 e. The Morgan fingerprint density at radius 1 is 1.17 bits per heavy atom. The van der Waals surface area contributed by atoms with Crippen LogP contribution in [0.25, 0.3) is 0 Å². The number of aliphatic hydroxyl groups excluding tert-OH is 1. The third kappa shape index (κ3) is 4.48. The van der Waals surface area contributed by atoms with Gasteiger partial charge in [-0.05, 0) is 38.5 Å². The van der Waals surface area contributed by atoms with E-state index in [0.717, 1.165) is 25.8 Å². The van der Waals surface area contributed by atoms with Gasteiger partial charge < -0.3 is 20.0 Å². The minimum absolute atomic E-state index is 0.0908. The summed E-state index contributed by atoms with van der Waals surface area (Å²) in [6.07, 6.45) is 6.17. The zero-order valence-corrected chi connectivity index (χ0v) is 13.9. The summed E-state index contributed by atoms with van der Waals surface area (Å²) < 4.78 is 0. The topological polar surface area (TPSA) is 105 Å². The maximum Gasteiger partial charge on any atom is 0.306 e. The minimum Gasteiger partial charge on any atom is -0.481 e. The van der Waals surface area contributed by atoms with Crippen molar-refractivity contribution in [2.45, 2.75) is 44.6 Å². The van der Waals surface area contributed by atoms with E-state index in [9.17, 15) is 20.0 Å². The lowest BCUT2D eigenvalue weighted by molar-refractivity contribution is -0.145. The largest absolute Gasteiger partial charge is 0.481 e. The van der Waals surface area contributed by atoms with Gasteiger partial charge in [-0.3, -0.25) is 9.59 Å². The summed E-state index contributed by atoms with van der Waals surface area (Å²) in [4.78, 5) is 27.1. The maximum absolute atomic E-state index is 12.6. The molecule has 7 heteroatoms. The molecular weight excluding hydrogens is 310 g/mol. The van der Waals surface area contributed by atoms with Gasteiger partial charge in [0.25, 0.3) is 5.91 Å². The molecular formula is C17H25N3O4. The third-order valence-electron chi connectivity index (χ3n) is 4.91. The van der Waals surface area contributed by atoms with E-state index in [2.05, 4.69) is 0 Å². The monoisotopic (exact) mass is 335 g/mol. The first-order valence-electron chi connectivity index (χ1n) is 8.57. The Labute approximate surface area is 142 Å². The number of carboxylic acids is 1. The second kappa shape index (κ2) is 8.69. The van der Waals surface area contributed by atoms with Crippen LogP contribution in [-0.2, 0) is 9.59 Å². The van der Waals surface area contributed by atoms with Crippen molar-refractivity contribution in [1.82, 2.24) is 9.80 Å². The van der Waals surface area contributed by atoms with Crippen molar-refractivity contribution in [1.29, 1.82) is 5.26 Å². The molecule has 1 amide bonds. The lowest BCUT2D eigenvalue weighted by Crippen LogP contribution is -2.42. The van der Waals surface area contributed by atoms with Gasteiger partial charge in [-0.2, -0.15) is 5.26 Å². The van der Waals surface area contributed by atoms with E-state index < -0.39 is 11.9 Å². The Bertz CT molecular complexity index is 530. The molecule has 0 aromatic heterocycles. The highest BCUT2D eigenvalue weighted by molar-refractivity contribution is 5.97. The van der Waals surface area contributed by atoms with Crippen molar-refractivity contribution >= 4 is 11.9 Å². The van der Waals surface area contributed by atoms with Crippen LogP contribution in [0.15, 0.2) is 11.8 Å². The number of carbonyl (C=O) groups excluding carboxylic acids is 1. The molecule has 2 aliphatic rings. The highest BCUT2D eigenvalue weighted by Gasteiger charge is 2.29. The van der Waals surface area contributed by atoms with Crippen molar-refractivity contribution in [3.63, 3.8) is 0 Å². The van der Waals surface area contributed by atoms with Gasteiger partial charge in [0, 0.05) is 38.5 Å². The van der Waals surface area contributed by atoms with Gasteiger partial charge in [-0.25, -0.2) is 0 Å². The van der Waals surface area contributed by atoms with Crippen molar-refractivity contribution in [2.75, 3.05) is 26.2 Å². The van der Waals surface area contributed by atoms with E-state index in [1.54, 1.807) is 11.1 Å². The van der Waals surface area contributed by atoms with Gasteiger partial charge in [0.15, 0.2) is 0 Å². The van der Waals surface area contributed by atoms with E-state index in [1.807, 2.05) is 11.0 Å². The first-order valence-corrected chi connectivity index (χ1v) is 8.57. The zero-order chi connectivity index (χ0) is 17.5. The minimum atomic E-state index is -0.821. The summed E-state index contributed by atoms with van der Waals surface area (Å²) in [5.41, 5.74) is 0.0913. The van der Waals surface area contributed by atoms with Crippen molar-refractivity contribution in [2.24, 2.45) is 5.92 Å². The van der Waals surface area contributed by atoms with Crippen LogP contribution in [-0.4, -0.2) is 64.2 Å². The molecule has 0 saturated carbocycles. The maximum atomic E-state index is 12.6. The molecule has 0 radical (unpaired) electrons. The molecule has 132 valence electrons. The van der Waals surface area contributed by atoms with Gasteiger partial charge >= 0.3 is 5.97 Å². The second-order valence-corrected chi connectivity index (χ2v) is 6.46. The van der Waals surface area contributed by atoms with Gasteiger partial charge in [-0.15, -0.1) is 0 Å². The molecule has 0 bridgehead atoms. The van der Waals surface area contributed by atoms with Gasteiger partial charge in [-0.1, -0.05) is 0 Å². The number of aliphatic hydroxyl groups is 1. The van der Waals surface area contributed by atoms with Crippen LogP contribution in [0.2, 0.25) is 0 Å². The molecule has 24 heavy (non-hydrogen) atoms. The molecule has 2 fully saturated rings. The van der Waals surface area contributed by atoms with Gasteiger partial charge in [0.1, 0.15) is 11.6 Å². The lowest BCUT2D eigenvalue weighted by atomic mass is 9.96. The van der Waals surface area contributed by atoms with Crippen LogP contribution >= 0.6 is 0 Å². The van der Waals surface area contributed by atoms with Crippen molar-refractivity contribution < 1.29 is 19.8 Å². The first kappa shape index (κ1) is 18.3. The highest BCUT2D eigenvalue weighted by Crippen LogP contribution is 2.22. The van der Waals surface area contributed by atoms with Crippen LogP contribution in [0.3, 0.4) is 0 Å². The fraction of sp³-hybridized carbons (Fsp3) is 0.706. The number of hydrogen-bond donors (Lipinski definition) is 2. The average Bonchev–Trinajstić information content (AvgIpc) is 2.60. The van der Waals surface area contributed by atoms with E-state index >= 15 is 0 Å². The van der Waals surface area contributed by atoms with Crippen LogP contribution in [0.4, 0.5) is 0 Å². The second-order valence-electron chi connectivity index (χ2n) is 6.46. The molecule has 7 nitrogen and oxygen atoms in total. The predicted octanol–water partition coefficient (Wildman–Crippen LogP) is 0.954. The summed E-state index contributed by atoms with van der Waals surface area (Å²) in [6, 6.07) is 2.16.